The number of carbonyl (C=O) groups excluding carboxylic acids is 2. The first-order chi connectivity index (χ1) is 18.1. The lowest BCUT2D eigenvalue weighted by Gasteiger charge is -2.33. The summed E-state index contributed by atoms with van der Waals surface area (Å²) in [7, 11) is -2.36. The largest absolute Gasteiger partial charge is 0.497 e. The Morgan fingerprint density at radius 3 is 2.29 bits per heavy atom. The standard InChI is InChI=1S/C28H32BrN3O5S/c1-4-30-28(34)26(17-21-10-6-5-7-11-21)31(19-22-12-8-13-23(29)16-22)27(33)20-32(38(3,35)36)24-14-9-15-25(18-24)37-2/h5-16,18,26H,4,17,19-20H2,1-3H3,(H,30,34). The summed E-state index contributed by atoms with van der Waals surface area (Å²) in [6, 6.07) is 22.5. The van der Waals surface area contributed by atoms with E-state index < -0.39 is 28.5 Å². The first-order valence-electron chi connectivity index (χ1n) is 12.1. The highest BCUT2D eigenvalue weighted by atomic mass is 79.9. The summed E-state index contributed by atoms with van der Waals surface area (Å²) in [5, 5.41) is 2.84. The molecule has 2 amide bonds. The Morgan fingerprint density at radius 2 is 1.66 bits per heavy atom. The molecule has 202 valence electrons. The van der Waals surface area contributed by atoms with Crippen LogP contribution in [0.1, 0.15) is 18.1 Å². The van der Waals surface area contributed by atoms with Crippen LogP contribution in [0.5, 0.6) is 5.75 Å². The fourth-order valence-electron chi connectivity index (χ4n) is 4.06. The zero-order chi connectivity index (χ0) is 27.7. The molecule has 0 spiro atoms. The number of nitrogens with zero attached hydrogens (tertiary/aromatic N) is 2. The Kier molecular flexibility index (Phi) is 10.3. The van der Waals surface area contributed by atoms with Gasteiger partial charge in [0.25, 0.3) is 0 Å². The Bertz CT molecular complexity index is 1350. The lowest BCUT2D eigenvalue weighted by atomic mass is 10.0. The van der Waals surface area contributed by atoms with Crippen molar-refractivity contribution < 1.29 is 22.7 Å². The molecule has 1 unspecified atom stereocenters. The minimum atomic E-state index is -3.84. The molecule has 0 saturated heterocycles. The molecule has 1 N–H and O–H groups in total. The van der Waals surface area contributed by atoms with E-state index in [9.17, 15) is 18.0 Å². The smallest absolute Gasteiger partial charge is 0.244 e. The number of nitrogens with one attached hydrogen (secondary N) is 1. The predicted octanol–water partition coefficient (Wildman–Crippen LogP) is 4.00. The van der Waals surface area contributed by atoms with E-state index in [1.807, 2.05) is 61.5 Å². The number of methoxy groups -OCH3 is 1. The molecule has 10 heteroatoms. The number of rotatable bonds is 12. The summed E-state index contributed by atoms with van der Waals surface area (Å²) < 4.78 is 32.7. The Morgan fingerprint density at radius 1 is 0.974 bits per heavy atom. The molecule has 1 atom stereocenters. The van der Waals surface area contributed by atoms with Gasteiger partial charge in [-0.05, 0) is 42.3 Å². The molecule has 0 saturated carbocycles. The highest BCUT2D eigenvalue weighted by Gasteiger charge is 2.33. The number of ether oxygens (including phenoxy) is 1. The lowest BCUT2D eigenvalue weighted by Crippen LogP contribution is -2.53. The molecular formula is C28H32BrN3O5S. The molecule has 0 aromatic heterocycles. The monoisotopic (exact) mass is 601 g/mol. The van der Waals surface area contributed by atoms with Crippen molar-refractivity contribution in [1.82, 2.24) is 10.2 Å². The molecule has 0 aliphatic carbocycles. The number of benzene rings is 3. The summed E-state index contributed by atoms with van der Waals surface area (Å²) in [6.45, 7) is 1.84. The van der Waals surface area contributed by atoms with E-state index in [0.717, 1.165) is 26.2 Å². The van der Waals surface area contributed by atoms with Gasteiger partial charge < -0.3 is 15.0 Å². The van der Waals surface area contributed by atoms with Crippen LogP contribution < -0.4 is 14.4 Å². The number of anilines is 1. The molecule has 0 fully saturated rings. The van der Waals surface area contributed by atoms with E-state index in [4.69, 9.17) is 4.74 Å². The summed E-state index contributed by atoms with van der Waals surface area (Å²) in [4.78, 5) is 28.7. The minimum absolute atomic E-state index is 0.114. The van der Waals surface area contributed by atoms with Gasteiger partial charge in [0.05, 0.1) is 19.1 Å². The van der Waals surface area contributed by atoms with Crippen LogP contribution in [0, 0.1) is 0 Å². The van der Waals surface area contributed by atoms with Crippen molar-refractivity contribution in [2.75, 3.05) is 30.8 Å². The van der Waals surface area contributed by atoms with E-state index in [1.54, 1.807) is 24.3 Å². The zero-order valence-electron chi connectivity index (χ0n) is 21.6. The minimum Gasteiger partial charge on any atom is -0.497 e. The van der Waals surface area contributed by atoms with Gasteiger partial charge in [-0.15, -0.1) is 0 Å². The molecule has 3 aromatic rings. The number of sulfonamides is 1. The number of likely N-dealkylation sites (N-methyl/N-ethyl adjacent to an activating group) is 1. The van der Waals surface area contributed by atoms with E-state index in [0.29, 0.717) is 18.0 Å². The maximum Gasteiger partial charge on any atom is 0.244 e. The van der Waals surface area contributed by atoms with E-state index in [-0.39, 0.29) is 18.9 Å². The first-order valence-corrected chi connectivity index (χ1v) is 14.7. The highest BCUT2D eigenvalue weighted by Crippen LogP contribution is 2.24. The van der Waals surface area contributed by atoms with Gasteiger partial charge in [-0.2, -0.15) is 0 Å². The van der Waals surface area contributed by atoms with Crippen molar-refractivity contribution in [3.63, 3.8) is 0 Å². The number of carbonyl (C=O) groups is 2. The maximum absolute atomic E-state index is 14.0. The van der Waals surface area contributed by atoms with Crippen molar-refractivity contribution in [1.29, 1.82) is 0 Å². The summed E-state index contributed by atoms with van der Waals surface area (Å²) in [5.74, 6) is -0.365. The van der Waals surface area contributed by atoms with Crippen LogP contribution >= 0.6 is 15.9 Å². The van der Waals surface area contributed by atoms with Crippen LogP contribution in [0.15, 0.2) is 83.3 Å². The van der Waals surface area contributed by atoms with E-state index in [1.165, 1.54) is 12.0 Å². The maximum atomic E-state index is 14.0. The van der Waals surface area contributed by atoms with Gasteiger partial charge in [0.2, 0.25) is 21.8 Å². The number of amides is 2. The quantitative estimate of drug-likeness (QED) is 0.338. The second kappa shape index (κ2) is 13.4. The Labute approximate surface area is 232 Å². The van der Waals surface area contributed by atoms with Gasteiger partial charge in [0.1, 0.15) is 18.3 Å². The second-order valence-corrected chi connectivity index (χ2v) is 11.5. The van der Waals surface area contributed by atoms with Crippen LogP contribution in [-0.2, 0) is 32.6 Å². The lowest BCUT2D eigenvalue weighted by molar-refractivity contribution is -0.140. The van der Waals surface area contributed by atoms with E-state index in [2.05, 4.69) is 21.2 Å². The van der Waals surface area contributed by atoms with Crippen LogP contribution in [0.2, 0.25) is 0 Å². The summed E-state index contributed by atoms with van der Waals surface area (Å²) >= 11 is 3.46. The normalized spacial score (nSPS) is 11.9. The average Bonchev–Trinajstić information content (AvgIpc) is 2.89. The summed E-state index contributed by atoms with van der Waals surface area (Å²) in [5.41, 5.74) is 1.96. The average molecular weight is 603 g/mol. The van der Waals surface area contributed by atoms with Crippen molar-refractivity contribution in [3.8, 4) is 5.75 Å². The van der Waals surface area contributed by atoms with Crippen LogP contribution in [0.3, 0.4) is 0 Å². The highest BCUT2D eigenvalue weighted by molar-refractivity contribution is 9.10. The van der Waals surface area contributed by atoms with E-state index >= 15 is 0 Å². The Balaban J connectivity index is 2.04. The fraction of sp³-hybridized carbons (Fsp3) is 0.286. The second-order valence-electron chi connectivity index (χ2n) is 8.72. The van der Waals surface area contributed by atoms with Crippen molar-refractivity contribution in [3.05, 3.63) is 94.5 Å². The molecular weight excluding hydrogens is 570 g/mol. The number of halogens is 1. The molecule has 0 bridgehead atoms. The zero-order valence-corrected chi connectivity index (χ0v) is 24.0. The van der Waals surface area contributed by atoms with Gasteiger partial charge in [0.15, 0.2) is 0 Å². The number of hydrogen-bond donors (Lipinski definition) is 1. The molecule has 0 heterocycles. The Hall–Kier alpha value is -3.37. The van der Waals surface area contributed by atoms with Crippen molar-refractivity contribution >= 4 is 43.5 Å². The molecule has 0 radical (unpaired) electrons. The van der Waals surface area contributed by atoms with Crippen molar-refractivity contribution in [2.45, 2.75) is 25.9 Å². The fourth-order valence-corrected chi connectivity index (χ4v) is 5.35. The van der Waals surface area contributed by atoms with Gasteiger partial charge in [-0.25, -0.2) is 8.42 Å². The topological polar surface area (TPSA) is 96.0 Å². The first kappa shape index (κ1) is 29.2. The third kappa shape index (κ3) is 8.06. The SMILES string of the molecule is CCNC(=O)C(Cc1ccccc1)N(Cc1cccc(Br)c1)C(=O)CN(c1cccc(OC)c1)S(C)(=O)=O. The van der Waals surface area contributed by atoms with Gasteiger partial charge >= 0.3 is 0 Å². The third-order valence-corrected chi connectivity index (χ3v) is 7.52. The molecule has 0 aliphatic heterocycles. The number of hydrogen-bond acceptors (Lipinski definition) is 5. The van der Waals surface area contributed by atoms with Crippen LogP contribution in [-0.4, -0.2) is 57.6 Å². The molecule has 3 rings (SSSR count). The van der Waals surface area contributed by atoms with Crippen molar-refractivity contribution in [2.24, 2.45) is 0 Å². The van der Waals surface area contributed by atoms with Gasteiger partial charge in [0, 0.05) is 30.0 Å². The molecule has 8 nitrogen and oxygen atoms in total. The molecule has 38 heavy (non-hydrogen) atoms. The predicted molar refractivity (Wildman–Crippen MR) is 152 cm³/mol. The third-order valence-electron chi connectivity index (χ3n) is 5.88. The summed E-state index contributed by atoms with van der Waals surface area (Å²) in [6.07, 6.45) is 1.31. The molecule has 3 aromatic carbocycles. The molecule has 0 aliphatic rings. The van der Waals surface area contributed by atoms with Crippen LogP contribution in [0.4, 0.5) is 5.69 Å². The van der Waals surface area contributed by atoms with Crippen LogP contribution in [0.25, 0.3) is 0 Å². The van der Waals surface area contributed by atoms with Gasteiger partial charge in [-0.1, -0.05) is 64.5 Å². The van der Waals surface area contributed by atoms with Gasteiger partial charge in [-0.3, -0.25) is 13.9 Å².